The maximum absolute atomic E-state index is 12.4. The zero-order valence-electron chi connectivity index (χ0n) is 10.8. The minimum absolute atomic E-state index is 0.0421. The Hall–Kier alpha value is -1.29. The van der Waals surface area contributed by atoms with E-state index >= 15 is 0 Å². The van der Waals surface area contributed by atoms with E-state index in [9.17, 15) is 4.79 Å². The van der Waals surface area contributed by atoms with E-state index in [2.05, 4.69) is 0 Å². The Morgan fingerprint density at radius 3 is 2.89 bits per heavy atom. The second-order valence-corrected chi connectivity index (χ2v) is 5.74. The van der Waals surface area contributed by atoms with Gasteiger partial charge in [-0.2, -0.15) is 0 Å². The van der Waals surface area contributed by atoms with Gasteiger partial charge >= 0.3 is 0 Å². The zero-order valence-corrected chi connectivity index (χ0v) is 10.8. The first-order valence-electron chi connectivity index (χ1n) is 6.74. The maximum Gasteiger partial charge on any atom is 0.289 e. The van der Waals surface area contributed by atoms with Gasteiger partial charge in [0.1, 0.15) is 0 Å². The van der Waals surface area contributed by atoms with Crippen LogP contribution in [0.3, 0.4) is 0 Å². The lowest BCUT2D eigenvalue weighted by Gasteiger charge is -2.27. The van der Waals surface area contributed by atoms with E-state index in [1.807, 2.05) is 17.9 Å². The van der Waals surface area contributed by atoms with E-state index in [0.29, 0.717) is 23.6 Å². The lowest BCUT2D eigenvalue weighted by Crippen LogP contribution is -2.32. The lowest BCUT2D eigenvalue weighted by atomic mass is 9.79. The van der Waals surface area contributed by atoms with Crippen LogP contribution in [-0.4, -0.2) is 29.9 Å². The summed E-state index contributed by atoms with van der Waals surface area (Å²) < 4.78 is 5.30. The summed E-state index contributed by atoms with van der Waals surface area (Å²) in [6.07, 6.45) is 4.91. The quantitative estimate of drug-likeness (QED) is 0.824. The van der Waals surface area contributed by atoms with Gasteiger partial charge in [-0.1, -0.05) is 0 Å². The Morgan fingerprint density at radius 2 is 2.17 bits per heavy atom. The SMILES string of the molecule is Cc1ccoc1C(=O)N1C[C@H]2CCC(N)C[C@H]2C1. The minimum Gasteiger partial charge on any atom is -0.459 e. The fraction of sp³-hybridized carbons (Fsp3) is 0.643. The Labute approximate surface area is 107 Å². The second-order valence-electron chi connectivity index (χ2n) is 5.74. The molecule has 1 aromatic heterocycles. The zero-order chi connectivity index (χ0) is 12.7. The summed E-state index contributed by atoms with van der Waals surface area (Å²) in [6, 6.07) is 2.17. The number of carbonyl (C=O) groups is 1. The number of nitrogens with two attached hydrogens (primary N) is 1. The van der Waals surface area contributed by atoms with Gasteiger partial charge in [0.2, 0.25) is 0 Å². The number of nitrogens with zero attached hydrogens (tertiary/aromatic N) is 1. The van der Waals surface area contributed by atoms with Crippen molar-refractivity contribution in [2.24, 2.45) is 17.6 Å². The van der Waals surface area contributed by atoms with Gasteiger partial charge in [-0.3, -0.25) is 4.79 Å². The van der Waals surface area contributed by atoms with Gasteiger partial charge in [0.05, 0.1) is 6.26 Å². The van der Waals surface area contributed by atoms with Gasteiger partial charge in [-0.15, -0.1) is 0 Å². The van der Waals surface area contributed by atoms with E-state index < -0.39 is 0 Å². The molecule has 2 N–H and O–H groups in total. The van der Waals surface area contributed by atoms with E-state index in [4.69, 9.17) is 10.2 Å². The number of furan rings is 1. The maximum atomic E-state index is 12.4. The molecule has 1 saturated carbocycles. The number of aryl methyl sites for hydroxylation is 1. The molecule has 0 bridgehead atoms. The smallest absolute Gasteiger partial charge is 0.289 e. The number of likely N-dealkylation sites (tertiary alicyclic amines) is 1. The highest BCUT2D eigenvalue weighted by atomic mass is 16.3. The van der Waals surface area contributed by atoms with Crippen LogP contribution in [0.15, 0.2) is 16.7 Å². The van der Waals surface area contributed by atoms with Gasteiger partial charge in [-0.25, -0.2) is 0 Å². The number of carbonyl (C=O) groups excluding carboxylic acids is 1. The highest BCUT2D eigenvalue weighted by molar-refractivity contribution is 5.93. The molecule has 2 fully saturated rings. The van der Waals surface area contributed by atoms with Crippen LogP contribution < -0.4 is 5.73 Å². The van der Waals surface area contributed by atoms with Gasteiger partial charge in [0.15, 0.2) is 5.76 Å². The molecule has 1 aliphatic heterocycles. The summed E-state index contributed by atoms with van der Waals surface area (Å²) >= 11 is 0. The molecule has 1 aromatic rings. The first-order valence-corrected chi connectivity index (χ1v) is 6.74. The molecular formula is C14H20N2O2. The number of rotatable bonds is 1. The lowest BCUT2D eigenvalue weighted by molar-refractivity contribution is 0.0751. The fourth-order valence-corrected chi connectivity index (χ4v) is 3.37. The standard InChI is InChI=1S/C14H20N2O2/c1-9-4-5-18-13(9)14(17)16-7-10-2-3-12(15)6-11(10)8-16/h4-5,10-12H,2-3,6-8,15H2,1H3/t10-,11+,12?/m1/s1. The fourth-order valence-electron chi connectivity index (χ4n) is 3.37. The summed E-state index contributed by atoms with van der Waals surface area (Å²) in [5.41, 5.74) is 6.93. The number of amides is 1. The second kappa shape index (κ2) is 4.43. The molecule has 1 aliphatic carbocycles. The summed E-state index contributed by atoms with van der Waals surface area (Å²) in [6.45, 7) is 3.63. The summed E-state index contributed by atoms with van der Waals surface area (Å²) in [4.78, 5) is 14.3. The topological polar surface area (TPSA) is 59.5 Å². The molecule has 4 heteroatoms. The van der Waals surface area contributed by atoms with Crippen LogP contribution in [0.2, 0.25) is 0 Å². The third-order valence-electron chi connectivity index (χ3n) is 4.43. The van der Waals surface area contributed by atoms with E-state index in [-0.39, 0.29) is 5.91 Å². The molecule has 2 aliphatic rings. The van der Waals surface area contributed by atoms with Crippen LogP contribution in [0.5, 0.6) is 0 Å². The van der Waals surface area contributed by atoms with Crippen LogP contribution in [0.25, 0.3) is 0 Å². The Morgan fingerprint density at radius 1 is 1.39 bits per heavy atom. The predicted octanol–water partition coefficient (Wildman–Crippen LogP) is 1.79. The largest absolute Gasteiger partial charge is 0.459 e. The number of hydrogen-bond acceptors (Lipinski definition) is 3. The highest BCUT2D eigenvalue weighted by Crippen LogP contribution is 2.36. The Kier molecular flexibility index (Phi) is 2.90. The molecule has 3 atom stereocenters. The van der Waals surface area contributed by atoms with Crippen LogP contribution in [0.1, 0.15) is 35.4 Å². The van der Waals surface area contributed by atoms with Gasteiger partial charge in [-0.05, 0) is 44.1 Å². The molecule has 98 valence electrons. The van der Waals surface area contributed by atoms with E-state index in [1.54, 1.807) is 6.26 Å². The third-order valence-corrected chi connectivity index (χ3v) is 4.43. The molecule has 1 saturated heterocycles. The minimum atomic E-state index is 0.0421. The number of fused-ring (bicyclic) bond motifs is 1. The van der Waals surface area contributed by atoms with Gasteiger partial charge in [0, 0.05) is 24.7 Å². The van der Waals surface area contributed by atoms with Crippen molar-refractivity contribution in [1.29, 1.82) is 0 Å². The van der Waals surface area contributed by atoms with Crippen molar-refractivity contribution >= 4 is 5.91 Å². The molecule has 1 unspecified atom stereocenters. The van der Waals surface area contributed by atoms with Crippen molar-refractivity contribution in [1.82, 2.24) is 4.90 Å². The molecule has 2 heterocycles. The van der Waals surface area contributed by atoms with Crippen molar-refractivity contribution in [3.8, 4) is 0 Å². The van der Waals surface area contributed by atoms with Crippen molar-refractivity contribution in [3.63, 3.8) is 0 Å². The van der Waals surface area contributed by atoms with Gasteiger partial charge in [0.25, 0.3) is 5.91 Å². The highest BCUT2D eigenvalue weighted by Gasteiger charge is 2.39. The Balaban J connectivity index is 1.72. The van der Waals surface area contributed by atoms with Crippen molar-refractivity contribution in [2.45, 2.75) is 32.2 Å². The van der Waals surface area contributed by atoms with Crippen molar-refractivity contribution in [2.75, 3.05) is 13.1 Å². The predicted molar refractivity (Wildman–Crippen MR) is 68.2 cm³/mol. The average molecular weight is 248 g/mol. The summed E-state index contributed by atoms with van der Waals surface area (Å²) in [7, 11) is 0. The van der Waals surface area contributed by atoms with Crippen LogP contribution in [-0.2, 0) is 0 Å². The van der Waals surface area contributed by atoms with Crippen molar-refractivity contribution in [3.05, 3.63) is 23.7 Å². The first kappa shape index (κ1) is 11.8. The van der Waals surface area contributed by atoms with E-state index in [1.165, 1.54) is 0 Å². The summed E-state index contributed by atoms with van der Waals surface area (Å²) in [5.74, 6) is 1.77. The molecule has 0 radical (unpaired) electrons. The van der Waals surface area contributed by atoms with Crippen LogP contribution in [0.4, 0.5) is 0 Å². The molecule has 3 rings (SSSR count). The van der Waals surface area contributed by atoms with Gasteiger partial charge < -0.3 is 15.1 Å². The Bertz CT molecular complexity index is 454. The average Bonchev–Trinajstić information content (AvgIpc) is 2.93. The molecule has 18 heavy (non-hydrogen) atoms. The van der Waals surface area contributed by atoms with E-state index in [0.717, 1.165) is 37.9 Å². The number of hydrogen-bond donors (Lipinski definition) is 1. The first-order chi connectivity index (χ1) is 8.65. The van der Waals surface area contributed by atoms with Crippen molar-refractivity contribution < 1.29 is 9.21 Å². The monoisotopic (exact) mass is 248 g/mol. The molecule has 0 spiro atoms. The summed E-state index contributed by atoms with van der Waals surface area (Å²) in [5, 5.41) is 0. The molecule has 4 nitrogen and oxygen atoms in total. The third kappa shape index (κ3) is 1.94. The molecule has 1 amide bonds. The van der Waals surface area contributed by atoms with Crippen LogP contribution in [0, 0.1) is 18.8 Å². The normalized spacial score (nSPS) is 31.4. The molecule has 0 aromatic carbocycles. The molecular weight excluding hydrogens is 228 g/mol. The van der Waals surface area contributed by atoms with Crippen LogP contribution >= 0.6 is 0 Å².